The van der Waals surface area contributed by atoms with Gasteiger partial charge < -0.3 is 10.6 Å². The lowest BCUT2D eigenvalue weighted by atomic mass is 9.65. The van der Waals surface area contributed by atoms with Crippen LogP contribution in [0.15, 0.2) is 0 Å². The van der Waals surface area contributed by atoms with Crippen molar-refractivity contribution in [3.8, 4) is 0 Å². The summed E-state index contributed by atoms with van der Waals surface area (Å²) in [4.78, 5) is 15.5. The van der Waals surface area contributed by atoms with Crippen LogP contribution in [0.4, 0.5) is 0 Å². The molecule has 2 bridgehead atoms. The summed E-state index contributed by atoms with van der Waals surface area (Å²) in [5, 5.41) is 0. The van der Waals surface area contributed by atoms with Crippen LogP contribution < -0.4 is 5.73 Å². The largest absolute Gasteiger partial charge is 0.339 e. The molecule has 1 heterocycles. The Hall–Kier alpha value is -0.570. The summed E-state index contributed by atoms with van der Waals surface area (Å²) >= 11 is 0. The molecular formula is C18H32N2O. The van der Waals surface area contributed by atoms with Crippen molar-refractivity contribution < 1.29 is 4.79 Å². The highest BCUT2D eigenvalue weighted by atomic mass is 16.2. The van der Waals surface area contributed by atoms with E-state index in [0.717, 1.165) is 25.8 Å². The molecule has 1 aliphatic heterocycles. The van der Waals surface area contributed by atoms with E-state index in [4.69, 9.17) is 5.73 Å². The molecule has 1 saturated heterocycles. The lowest BCUT2D eigenvalue weighted by molar-refractivity contribution is -0.144. The highest BCUT2D eigenvalue weighted by Gasteiger charge is 2.53. The van der Waals surface area contributed by atoms with E-state index in [9.17, 15) is 4.79 Å². The topological polar surface area (TPSA) is 46.3 Å². The first kappa shape index (κ1) is 15.3. The number of rotatable bonds is 2. The fourth-order valence-corrected chi connectivity index (χ4v) is 5.74. The number of carbonyl (C=O) groups is 1. The smallest absolute Gasteiger partial charge is 0.230 e. The Bertz CT molecular complexity index is 425. The van der Waals surface area contributed by atoms with Crippen LogP contribution in [0.25, 0.3) is 0 Å². The number of hydrogen-bond donors (Lipinski definition) is 1. The highest BCUT2D eigenvalue weighted by Crippen LogP contribution is 2.53. The Morgan fingerprint density at radius 2 is 1.81 bits per heavy atom. The van der Waals surface area contributed by atoms with E-state index in [1.165, 1.54) is 32.1 Å². The number of nitrogens with zero attached hydrogens (tertiary/aromatic N) is 1. The van der Waals surface area contributed by atoms with Crippen molar-refractivity contribution in [2.45, 2.75) is 78.2 Å². The molecule has 0 aromatic carbocycles. The molecule has 3 nitrogen and oxygen atoms in total. The van der Waals surface area contributed by atoms with E-state index in [1.54, 1.807) is 0 Å². The van der Waals surface area contributed by atoms with Gasteiger partial charge >= 0.3 is 0 Å². The van der Waals surface area contributed by atoms with Crippen molar-refractivity contribution in [3.63, 3.8) is 0 Å². The van der Waals surface area contributed by atoms with Crippen molar-refractivity contribution in [2.75, 3.05) is 13.1 Å². The molecular weight excluding hydrogens is 260 g/mol. The van der Waals surface area contributed by atoms with Gasteiger partial charge in [-0.3, -0.25) is 4.79 Å². The average Bonchev–Trinajstić information content (AvgIpc) is 2.68. The molecule has 0 spiro atoms. The molecule has 2 unspecified atom stereocenters. The standard InChI is InChI=1S/C18H32N2O/c1-16(2)9-14-10-17(3,11-16)13-20(14)15(21)18(12-19)7-5-4-6-8-18/h14H,4-13,19H2,1-3H3. The van der Waals surface area contributed by atoms with Crippen molar-refractivity contribution >= 4 is 5.91 Å². The van der Waals surface area contributed by atoms with Crippen LogP contribution in [0, 0.1) is 16.2 Å². The van der Waals surface area contributed by atoms with Crippen LogP contribution in [-0.4, -0.2) is 29.9 Å². The zero-order valence-corrected chi connectivity index (χ0v) is 14.1. The quantitative estimate of drug-likeness (QED) is 0.848. The number of likely N-dealkylation sites (tertiary alicyclic amines) is 1. The third-order valence-electron chi connectivity index (χ3n) is 6.33. The van der Waals surface area contributed by atoms with Gasteiger partial charge in [0.2, 0.25) is 5.91 Å². The molecule has 3 heteroatoms. The Kier molecular flexibility index (Phi) is 3.63. The summed E-state index contributed by atoms with van der Waals surface area (Å²) in [6.07, 6.45) is 9.22. The number of fused-ring (bicyclic) bond motifs is 2. The number of carbonyl (C=O) groups excluding carboxylic acids is 1. The van der Waals surface area contributed by atoms with Crippen molar-refractivity contribution in [1.29, 1.82) is 0 Å². The normalized spacial score (nSPS) is 37.5. The molecule has 2 atom stereocenters. The van der Waals surface area contributed by atoms with E-state index in [2.05, 4.69) is 25.7 Å². The molecule has 3 aliphatic rings. The van der Waals surface area contributed by atoms with Crippen LogP contribution in [-0.2, 0) is 4.79 Å². The van der Waals surface area contributed by atoms with Crippen molar-refractivity contribution in [3.05, 3.63) is 0 Å². The molecule has 1 amide bonds. The zero-order valence-electron chi connectivity index (χ0n) is 14.1. The Balaban J connectivity index is 1.82. The second kappa shape index (κ2) is 4.97. The molecule has 2 N–H and O–H groups in total. The maximum absolute atomic E-state index is 13.3. The van der Waals surface area contributed by atoms with E-state index in [1.807, 2.05) is 0 Å². The van der Waals surface area contributed by atoms with Crippen LogP contribution in [0.3, 0.4) is 0 Å². The van der Waals surface area contributed by atoms with Crippen LogP contribution in [0.5, 0.6) is 0 Å². The summed E-state index contributed by atoms with van der Waals surface area (Å²) in [6.45, 7) is 8.61. The summed E-state index contributed by atoms with van der Waals surface area (Å²) in [5.41, 5.74) is 6.54. The summed E-state index contributed by atoms with van der Waals surface area (Å²) in [6, 6.07) is 0.455. The fraction of sp³-hybridized carbons (Fsp3) is 0.944. The molecule has 2 aliphatic carbocycles. The predicted octanol–water partition coefficient (Wildman–Crippen LogP) is 3.32. The molecule has 0 aromatic rings. The summed E-state index contributed by atoms with van der Waals surface area (Å²) < 4.78 is 0. The van der Waals surface area contributed by atoms with Gasteiger partial charge in [-0.05, 0) is 42.9 Å². The molecule has 3 fully saturated rings. The fourth-order valence-electron chi connectivity index (χ4n) is 5.74. The molecule has 21 heavy (non-hydrogen) atoms. The van der Waals surface area contributed by atoms with Gasteiger partial charge in [0.15, 0.2) is 0 Å². The second-order valence-electron chi connectivity index (χ2n) is 9.19. The SMILES string of the molecule is CC1(C)CC2CC(C)(CN2C(=O)C2(CN)CCCCC2)C1. The highest BCUT2D eigenvalue weighted by molar-refractivity contribution is 5.84. The summed E-state index contributed by atoms with van der Waals surface area (Å²) in [7, 11) is 0. The third-order valence-corrected chi connectivity index (χ3v) is 6.33. The Morgan fingerprint density at radius 1 is 1.14 bits per heavy atom. The van der Waals surface area contributed by atoms with Gasteiger partial charge in [-0.2, -0.15) is 0 Å². The molecule has 3 rings (SSSR count). The van der Waals surface area contributed by atoms with E-state index < -0.39 is 0 Å². The monoisotopic (exact) mass is 292 g/mol. The third kappa shape index (κ3) is 2.62. The lowest BCUT2D eigenvalue weighted by Gasteiger charge is -2.41. The minimum Gasteiger partial charge on any atom is -0.339 e. The van der Waals surface area contributed by atoms with Gasteiger partial charge in [0.25, 0.3) is 0 Å². The maximum Gasteiger partial charge on any atom is 0.230 e. The first-order valence-corrected chi connectivity index (χ1v) is 8.81. The van der Waals surface area contributed by atoms with Crippen LogP contribution in [0.1, 0.15) is 72.1 Å². The lowest BCUT2D eigenvalue weighted by Crippen LogP contribution is -2.51. The molecule has 2 saturated carbocycles. The predicted molar refractivity (Wildman–Crippen MR) is 85.8 cm³/mol. The molecule has 0 aromatic heterocycles. The van der Waals surface area contributed by atoms with Gasteiger partial charge in [-0.1, -0.05) is 40.0 Å². The van der Waals surface area contributed by atoms with Gasteiger partial charge in [-0.25, -0.2) is 0 Å². The maximum atomic E-state index is 13.3. The number of hydrogen-bond acceptors (Lipinski definition) is 2. The Labute approximate surface area is 129 Å². The molecule has 120 valence electrons. The van der Waals surface area contributed by atoms with Crippen molar-refractivity contribution in [2.24, 2.45) is 22.0 Å². The van der Waals surface area contributed by atoms with Crippen LogP contribution >= 0.6 is 0 Å². The van der Waals surface area contributed by atoms with Crippen molar-refractivity contribution in [1.82, 2.24) is 4.90 Å². The minimum absolute atomic E-state index is 0.240. The average molecular weight is 292 g/mol. The molecule has 0 radical (unpaired) electrons. The van der Waals surface area contributed by atoms with Crippen LogP contribution in [0.2, 0.25) is 0 Å². The van der Waals surface area contributed by atoms with Gasteiger partial charge in [0, 0.05) is 19.1 Å². The second-order valence-corrected chi connectivity index (χ2v) is 9.19. The van der Waals surface area contributed by atoms with Gasteiger partial charge in [-0.15, -0.1) is 0 Å². The van der Waals surface area contributed by atoms with E-state index in [0.29, 0.717) is 29.3 Å². The summed E-state index contributed by atoms with van der Waals surface area (Å²) in [5.74, 6) is 0.385. The van der Waals surface area contributed by atoms with Gasteiger partial charge in [0.1, 0.15) is 0 Å². The first-order chi connectivity index (χ1) is 9.79. The van der Waals surface area contributed by atoms with Gasteiger partial charge in [0.05, 0.1) is 5.41 Å². The number of amides is 1. The number of nitrogens with two attached hydrogens (primary N) is 1. The zero-order chi connectivity index (χ0) is 15.3. The first-order valence-electron chi connectivity index (χ1n) is 8.81. The van der Waals surface area contributed by atoms with E-state index >= 15 is 0 Å². The minimum atomic E-state index is -0.240. The Morgan fingerprint density at radius 3 is 2.43 bits per heavy atom. The van der Waals surface area contributed by atoms with E-state index in [-0.39, 0.29) is 5.41 Å².